The summed E-state index contributed by atoms with van der Waals surface area (Å²) in [5.74, 6) is -1.21. The van der Waals surface area contributed by atoms with Gasteiger partial charge in [-0.3, -0.25) is 9.35 Å². The fourth-order valence-corrected chi connectivity index (χ4v) is 3.51. The van der Waals surface area contributed by atoms with Crippen molar-refractivity contribution in [2.75, 3.05) is 0 Å². The van der Waals surface area contributed by atoms with E-state index in [1.165, 1.54) is 30.3 Å². The molecule has 10 heteroatoms. The molecule has 0 spiro atoms. The molecule has 0 fully saturated rings. The van der Waals surface area contributed by atoms with Crippen LogP contribution in [0.3, 0.4) is 0 Å². The first kappa shape index (κ1) is 19.8. The number of benzene rings is 2. The summed E-state index contributed by atoms with van der Waals surface area (Å²) in [6.07, 6.45) is 3.47. The molecule has 0 atom stereocenters. The van der Waals surface area contributed by atoms with E-state index in [2.05, 4.69) is 4.18 Å². The van der Waals surface area contributed by atoms with Gasteiger partial charge in [0.2, 0.25) is 11.2 Å². The highest BCUT2D eigenvalue weighted by Gasteiger charge is 2.28. The van der Waals surface area contributed by atoms with Gasteiger partial charge in [0.15, 0.2) is 11.3 Å². The molecule has 0 saturated heterocycles. The van der Waals surface area contributed by atoms with Crippen molar-refractivity contribution in [3.63, 3.8) is 0 Å². The van der Waals surface area contributed by atoms with Gasteiger partial charge in [0.25, 0.3) is 0 Å². The molecule has 3 aromatic rings. The van der Waals surface area contributed by atoms with Gasteiger partial charge in [0, 0.05) is 11.6 Å². The van der Waals surface area contributed by atoms with Crippen molar-refractivity contribution in [1.82, 2.24) is 0 Å². The molecule has 9 nitrogen and oxygen atoms in total. The molecule has 1 aliphatic heterocycles. The molecule has 2 aromatic carbocycles. The van der Waals surface area contributed by atoms with Crippen LogP contribution in [0.4, 0.5) is 0 Å². The molecule has 0 bridgehead atoms. The molecule has 3 N–H and O–H groups in total. The molecule has 1 aliphatic rings. The standard InChI is InChI=1S/C20H16O9S/c1-20(2)8-7-12-14(28-20)9-13(21)15-16(22)17(23)18(27-19(12)15)10-3-5-11(6-4-10)29-30(24,25)26/h3-9,21,23H,1-2H3,(H,24,25,26). The van der Waals surface area contributed by atoms with Crippen LogP contribution in [-0.4, -0.2) is 28.8 Å². The number of hydrogen-bond acceptors (Lipinski definition) is 8. The highest BCUT2D eigenvalue weighted by Crippen LogP contribution is 2.42. The number of ether oxygens (including phenoxy) is 1. The van der Waals surface area contributed by atoms with Gasteiger partial charge in [-0.15, -0.1) is 0 Å². The van der Waals surface area contributed by atoms with Gasteiger partial charge in [0.1, 0.15) is 28.2 Å². The van der Waals surface area contributed by atoms with Crippen LogP contribution in [0.15, 0.2) is 45.6 Å². The zero-order valence-electron chi connectivity index (χ0n) is 15.7. The Labute approximate surface area is 170 Å². The van der Waals surface area contributed by atoms with Crippen molar-refractivity contribution < 1.29 is 36.5 Å². The number of phenols is 1. The molecule has 156 valence electrons. The highest BCUT2D eigenvalue weighted by molar-refractivity contribution is 7.81. The van der Waals surface area contributed by atoms with Crippen LogP contribution in [-0.2, 0) is 10.4 Å². The maximum Gasteiger partial charge on any atom is 0.446 e. The van der Waals surface area contributed by atoms with Gasteiger partial charge in [-0.2, -0.15) is 8.42 Å². The summed E-state index contributed by atoms with van der Waals surface area (Å²) >= 11 is 0. The Morgan fingerprint density at radius 2 is 1.77 bits per heavy atom. The monoisotopic (exact) mass is 432 g/mol. The Morgan fingerprint density at radius 3 is 2.40 bits per heavy atom. The number of phenolic OH excluding ortho intramolecular Hbond substituents is 1. The summed E-state index contributed by atoms with van der Waals surface area (Å²) in [6.45, 7) is 3.64. The molecule has 0 aliphatic carbocycles. The Balaban J connectivity index is 1.92. The highest BCUT2D eigenvalue weighted by atomic mass is 32.3. The molecular formula is C20H16O9S. The summed E-state index contributed by atoms with van der Waals surface area (Å²) in [5.41, 5.74) is -0.800. The third-order valence-electron chi connectivity index (χ3n) is 4.46. The quantitative estimate of drug-likeness (QED) is 0.531. The largest absolute Gasteiger partial charge is 0.507 e. The molecule has 4 rings (SSSR count). The Kier molecular flexibility index (Phi) is 4.29. The molecule has 1 aromatic heterocycles. The fourth-order valence-electron chi connectivity index (χ4n) is 3.16. The second kappa shape index (κ2) is 6.51. The average Bonchev–Trinajstić information content (AvgIpc) is 2.62. The van der Waals surface area contributed by atoms with E-state index in [0.717, 1.165) is 0 Å². The van der Waals surface area contributed by atoms with Crippen molar-refractivity contribution in [2.24, 2.45) is 0 Å². The van der Waals surface area contributed by atoms with Crippen LogP contribution in [0.1, 0.15) is 19.4 Å². The van der Waals surface area contributed by atoms with Crippen molar-refractivity contribution >= 4 is 27.4 Å². The summed E-state index contributed by atoms with van der Waals surface area (Å²) in [7, 11) is -4.70. The lowest BCUT2D eigenvalue weighted by molar-refractivity contribution is 0.158. The molecular weight excluding hydrogens is 416 g/mol. The normalized spacial score (nSPS) is 14.9. The molecule has 0 unspecified atom stereocenters. The van der Waals surface area contributed by atoms with E-state index < -0.39 is 32.9 Å². The maximum absolute atomic E-state index is 12.7. The van der Waals surface area contributed by atoms with E-state index in [1.54, 1.807) is 12.2 Å². The average molecular weight is 432 g/mol. The molecule has 0 radical (unpaired) electrons. The zero-order valence-corrected chi connectivity index (χ0v) is 16.6. The Hall–Kier alpha value is -3.50. The SMILES string of the molecule is CC1(C)C=Cc2c(cc(O)c3c(=O)c(O)c(-c4ccc(OS(=O)(=O)O)cc4)oc23)O1. The van der Waals surface area contributed by atoms with Crippen LogP contribution < -0.4 is 14.3 Å². The number of hydrogen-bond donors (Lipinski definition) is 3. The van der Waals surface area contributed by atoms with Crippen LogP contribution in [0.5, 0.6) is 23.0 Å². The van der Waals surface area contributed by atoms with E-state index in [9.17, 15) is 23.4 Å². The Morgan fingerprint density at radius 1 is 1.10 bits per heavy atom. The van der Waals surface area contributed by atoms with Gasteiger partial charge >= 0.3 is 10.4 Å². The number of aromatic hydroxyl groups is 2. The van der Waals surface area contributed by atoms with Crippen molar-refractivity contribution in [3.8, 4) is 34.3 Å². The van der Waals surface area contributed by atoms with Crippen LogP contribution in [0.25, 0.3) is 28.4 Å². The predicted molar refractivity (Wildman–Crippen MR) is 107 cm³/mol. The van der Waals surface area contributed by atoms with E-state index >= 15 is 0 Å². The first-order valence-corrected chi connectivity index (χ1v) is 10.0. The van der Waals surface area contributed by atoms with Gasteiger partial charge < -0.3 is 23.6 Å². The fraction of sp³-hybridized carbons (Fsp3) is 0.150. The zero-order chi connectivity index (χ0) is 21.8. The van der Waals surface area contributed by atoms with Gasteiger partial charge in [-0.05, 0) is 50.3 Å². The van der Waals surface area contributed by atoms with E-state index in [4.69, 9.17) is 13.7 Å². The van der Waals surface area contributed by atoms with Crippen LogP contribution in [0.2, 0.25) is 0 Å². The molecule has 0 saturated carbocycles. The lowest BCUT2D eigenvalue weighted by Crippen LogP contribution is -2.27. The summed E-state index contributed by atoms with van der Waals surface area (Å²) in [4.78, 5) is 12.7. The minimum atomic E-state index is -4.70. The van der Waals surface area contributed by atoms with Crippen LogP contribution >= 0.6 is 0 Å². The van der Waals surface area contributed by atoms with Crippen molar-refractivity contribution in [1.29, 1.82) is 0 Å². The molecule has 0 amide bonds. The number of fused-ring (bicyclic) bond motifs is 3. The smallest absolute Gasteiger partial charge is 0.446 e. The lowest BCUT2D eigenvalue weighted by atomic mass is 9.99. The van der Waals surface area contributed by atoms with Gasteiger partial charge in [0.05, 0.1) is 5.56 Å². The maximum atomic E-state index is 12.7. The minimum absolute atomic E-state index is 0.0211. The van der Waals surface area contributed by atoms with E-state index in [-0.39, 0.29) is 28.0 Å². The lowest BCUT2D eigenvalue weighted by Gasteiger charge is -2.28. The second-order valence-corrected chi connectivity index (χ2v) is 8.22. The molecule has 2 heterocycles. The van der Waals surface area contributed by atoms with Crippen molar-refractivity contribution in [2.45, 2.75) is 19.4 Å². The van der Waals surface area contributed by atoms with Crippen LogP contribution in [0, 0.1) is 0 Å². The topological polar surface area (TPSA) is 144 Å². The minimum Gasteiger partial charge on any atom is -0.507 e. The third-order valence-corrected chi connectivity index (χ3v) is 4.87. The van der Waals surface area contributed by atoms with E-state index in [1.807, 2.05) is 13.8 Å². The number of rotatable bonds is 3. The summed E-state index contributed by atoms with van der Waals surface area (Å²) in [5, 5.41) is 20.5. The predicted octanol–water partition coefficient (Wildman–Crippen LogP) is 3.24. The first-order valence-electron chi connectivity index (χ1n) is 8.66. The summed E-state index contributed by atoms with van der Waals surface area (Å²) < 4.78 is 46.3. The third kappa shape index (κ3) is 3.46. The first-order chi connectivity index (χ1) is 14.0. The van der Waals surface area contributed by atoms with Gasteiger partial charge in [-0.1, -0.05) is 0 Å². The molecule has 30 heavy (non-hydrogen) atoms. The summed E-state index contributed by atoms with van der Waals surface area (Å²) in [6, 6.07) is 6.36. The van der Waals surface area contributed by atoms with Gasteiger partial charge in [-0.25, -0.2) is 0 Å². The Bertz CT molecular complexity index is 1360. The van der Waals surface area contributed by atoms with E-state index in [0.29, 0.717) is 11.3 Å². The second-order valence-electron chi connectivity index (χ2n) is 7.19. The van der Waals surface area contributed by atoms with Crippen molar-refractivity contribution in [3.05, 3.63) is 52.2 Å².